The van der Waals surface area contributed by atoms with E-state index in [4.69, 9.17) is 4.74 Å². The maximum Gasteiger partial charge on any atom is 0.322 e. The molecule has 0 saturated carbocycles. The summed E-state index contributed by atoms with van der Waals surface area (Å²) in [6.07, 6.45) is 4.56. The fourth-order valence-corrected chi connectivity index (χ4v) is 2.84. The molecule has 2 aromatic rings. The normalized spacial score (nSPS) is 18.0. The minimum Gasteiger partial charge on any atom is -0.377 e. The van der Waals surface area contributed by atoms with Crippen LogP contribution in [0.4, 0.5) is 10.5 Å². The zero-order valence-electron chi connectivity index (χ0n) is 13.5. The molecule has 2 heterocycles. The number of anilines is 1. The van der Waals surface area contributed by atoms with Gasteiger partial charge in [-0.15, -0.1) is 0 Å². The van der Waals surface area contributed by atoms with Crippen LogP contribution in [0.25, 0.3) is 11.4 Å². The first-order valence-corrected chi connectivity index (χ1v) is 7.92. The molecule has 1 aliphatic heterocycles. The van der Waals surface area contributed by atoms with Crippen LogP contribution < -0.4 is 5.32 Å². The highest BCUT2D eigenvalue weighted by molar-refractivity contribution is 5.90. The Kier molecular flexibility index (Phi) is 4.62. The Balaban J connectivity index is 1.75. The average Bonchev–Trinajstić information content (AvgIpc) is 3.01. The number of aromatic nitrogens is 2. The number of aryl methyl sites for hydroxylation is 1. The van der Waals surface area contributed by atoms with Crippen molar-refractivity contribution < 1.29 is 9.53 Å². The van der Waals surface area contributed by atoms with E-state index in [0.29, 0.717) is 19.8 Å². The van der Waals surface area contributed by atoms with Crippen LogP contribution in [0.1, 0.15) is 13.3 Å². The highest BCUT2D eigenvalue weighted by Crippen LogP contribution is 2.21. The van der Waals surface area contributed by atoms with E-state index in [1.165, 1.54) is 0 Å². The summed E-state index contributed by atoms with van der Waals surface area (Å²) in [4.78, 5) is 18.7. The number of hydrogen-bond acceptors (Lipinski definition) is 3. The maximum absolute atomic E-state index is 12.5. The Hall–Kier alpha value is -2.34. The predicted octanol–water partition coefficient (Wildman–Crippen LogP) is 2.73. The van der Waals surface area contributed by atoms with E-state index in [2.05, 4.69) is 17.2 Å². The number of carbonyl (C=O) groups is 1. The summed E-state index contributed by atoms with van der Waals surface area (Å²) in [5.74, 6) is 0.874. The smallest absolute Gasteiger partial charge is 0.322 e. The van der Waals surface area contributed by atoms with Crippen LogP contribution in [0.3, 0.4) is 0 Å². The Labute approximate surface area is 136 Å². The molecule has 1 atom stereocenters. The number of morpholine rings is 1. The van der Waals surface area contributed by atoms with Crippen LogP contribution in [-0.2, 0) is 11.8 Å². The molecular formula is C17H22N4O2. The molecule has 0 spiro atoms. The van der Waals surface area contributed by atoms with Crippen LogP contribution in [0, 0.1) is 0 Å². The second kappa shape index (κ2) is 6.83. The molecule has 0 aliphatic carbocycles. The van der Waals surface area contributed by atoms with Crippen molar-refractivity contribution in [2.24, 2.45) is 7.05 Å². The molecule has 1 aliphatic rings. The zero-order chi connectivity index (χ0) is 16.2. The van der Waals surface area contributed by atoms with Gasteiger partial charge in [0.25, 0.3) is 0 Å². The van der Waals surface area contributed by atoms with Gasteiger partial charge in [-0.05, 0) is 18.6 Å². The third-order valence-corrected chi connectivity index (χ3v) is 4.15. The van der Waals surface area contributed by atoms with Gasteiger partial charge in [0.2, 0.25) is 0 Å². The largest absolute Gasteiger partial charge is 0.377 e. The van der Waals surface area contributed by atoms with E-state index in [1.54, 1.807) is 6.20 Å². The number of ether oxygens (including phenoxy) is 1. The van der Waals surface area contributed by atoms with Gasteiger partial charge in [-0.3, -0.25) is 0 Å². The summed E-state index contributed by atoms with van der Waals surface area (Å²) in [5, 5.41) is 2.99. The standard InChI is InChI=1S/C17H22N4O2/c1-3-15-12-23-10-9-21(15)17(22)19-14-6-4-5-13(11-14)16-18-7-8-20(16)2/h4-8,11,15H,3,9-10,12H2,1-2H3,(H,19,22). The van der Waals surface area contributed by atoms with E-state index in [1.807, 2.05) is 47.0 Å². The molecule has 1 fully saturated rings. The minimum absolute atomic E-state index is 0.0721. The van der Waals surface area contributed by atoms with Gasteiger partial charge >= 0.3 is 6.03 Å². The molecular weight excluding hydrogens is 292 g/mol. The number of amides is 2. The van der Waals surface area contributed by atoms with Crippen LogP contribution in [0.5, 0.6) is 0 Å². The van der Waals surface area contributed by atoms with Gasteiger partial charge in [0.1, 0.15) is 5.82 Å². The topological polar surface area (TPSA) is 59.4 Å². The van der Waals surface area contributed by atoms with E-state index < -0.39 is 0 Å². The van der Waals surface area contributed by atoms with E-state index in [0.717, 1.165) is 23.5 Å². The van der Waals surface area contributed by atoms with Crippen LogP contribution >= 0.6 is 0 Å². The average molecular weight is 314 g/mol. The van der Waals surface area contributed by atoms with Gasteiger partial charge in [-0.25, -0.2) is 9.78 Å². The Morgan fingerprint density at radius 1 is 1.48 bits per heavy atom. The molecule has 1 unspecified atom stereocenters. The first kappa shape index (κ1) is 15.6. The molecule has 23 heavy (non-hydrogen) atoms. The van der Waals surface area contributed by atoms with Crippen LogP contribution in [-0.4, -0.2) is 46.3 Å². The Morgan fingerprint density at radius 3 is 3.09 bits per heavy atom. The highest BCUT2D eigenvalue weighted by atomic mass is 16.5. The van der Waals surface area contributed by atoms with Crippen molar-refractivity contribution in [2.75, 3.05) is 25.1 Å². The fourth-order valence-electron chi connectivity index (χ4n) is 2.84. The second-order valence-electron chi connectivity index (χ2n) is 5.70. The monoisotopic (exact) mass is 314 g/mol. The SMILES string of the molecule is CCC1COCCN1C(=O)Nc1cccc(-c2nccn2C)c1. The van der Waals surface area contributed by atoms with Crippen molar-refractivity contribution in [1.29, 1.82) is 0 Å². The summed E-state index contributed by atoms with van der Waals surface area (Å²) in [5.41, 5.74) is 1.75. The van der Waals surface area contributed by atoms with Gasteiger partial charge in [-0.2, -0.15) is 0 Å². The molecule has 1 saturated heterocycles. The molecule has 1 aromatic heterocycles. The molecule has 0 bridgehead atoms. The summed E-state index contributed by atoms with van der Waals surface area (Å²) in [6.45, 7) is 3.90. The van der Waals surface area contributed by atoms with Crippen molar-refractivity contribution in [3.8, 4) is 11.4 Å². The summed E-state index contributed by atoms with van der Waals surface area (Å²) in [7, 11) is 1.95. The molecule has 2 amide bonds. The van der Waals surface area contributed by atoms with Gasteiger partial charge in [0, 0.05) is 37.2 Å². The van der Waals surface area contributed by atoms with Crippen LogP contribution in [0.15, 0.2) is 36.7 Å². The van der Waals surface area contributed by atoms with Gasteiger partial charge in [-0.1, -0.05) is 19.1 Å². The minimum atomic E-state index is -0.0721. The number of imidazole rings is 1. The van der Waals surface area contributed by atoms with Gasteiger partial charge in [0.05, 0.1) is 19.3 Å². The number of nitrogens with one attached hydrogen (secondary N) is 1. The zero-order valence-corrected chi connectivity index (χ0v) is 13.5. The number of benzene rings is 1. The first-order valence-electron chi connectivity index (χ1n) is 7.92. The first-order chi connectivity index (χ1) is 11.2. The maximum atomic E-state index is 12.5. The fraction of sp³-hybridized carbons (Fsp3) is 0.412. The third-order valence-electron chi connectivity index (χ3n) is 4.15. The van der Waals surface area contributed by atoms with Gasteiger partial charge < -0.3 is 19.5 Å². The quantitative estimate of drug-likeness (QED) is 0.947. The van der Waals surface area contributed by atoms with Crippen molar-refractivity contribution in [2.45, 2.75) is 19.4 Å². The van der Waals surface area contributed by atoms with Crippen molar-refractivity contribution in [1.82, 2.24) is 14.5 Å². The summed E-state index contributed by atoms with van der Waals surface area (Å²) in [6, 6.07) is 7.82. The molecule has 6 heteroatoms. The lowest BCUT2D eigenvalue weighted by Crippen LogP contribution is -2.50. The van der Waals surface area contributed by atoms with E-state index >= 15 is 0 Å². The highest BCUT2D eigenvalue weighted by Gasteiger charge is 2.25. The molecule has 3 rings (SSSR count). The van der Waals surface area contributed by atoms with Gasteiger partial charge in [0.15, 0.2) is 0 Å². The van der Waals surface area contributed by atoms with Crippen molar-refractivity contribution >= 4 is 11.7 Å². The lowest BCUT2D eigenvalue weighted by Gasteiger charge is -2.35. The molecule has 6 nitrogen and oxygen atoms in total. The molecule has 0 radical (unpaired) electrons. The number of urea groups is 1. The molecule has 1 N–H and O–H groups in total. The van der Waals surface area contributed by atoms with E-state index in [-0.39, 0.29) is 12.1 Å². The lowest BCUT2D eigenvalue weighted by molar-refractivity contribution is 0.0144. The summed E-state index contributed by atoms with van der Waals surface area (Å²) >= 11 is 0. The second-order valence-corrected chi connectivity index (χ2v) is 5.70. The number of hydrogen-bond donors (Lipinski definition) is 1. The Bertz CT molecular complexity index is 683. The number of rotatable bonds is 3. The third kappa shape index (κ3) is 3.37. The summed E-state index contributed by atoms with van der Waals surface area (Å²) < 4.78 is 7.41. The molecule has 122 valence electrons. The molecule has 1 aromatic carbocycles. The Morgan fingerprint density at radius 2 is 2.35 bits per heavy atom. The van der Waals surface area contributed by atoms with Crippen molar-refractivity contribution in [3.05, 3.63) is 36.7 Å². The predicted molar refractivity (Wildman–Crippen MR) is 89.3 cm³/mol. The number of nitrogens with zero attached hydrogens (tertiary/aromatic N) is 3. The van der Waals surface area contributed by atoms with E-state index in [9.17, 15) is 4.79 Å². The van der Waals surface area contributed by atoms with Crippen LogP contribution in [0.2, 0.25) is 0 Å². The number of carbonyl (C=O) groups excluding carboxylic acids is 1. The van der Waals surface area contributed by atoms with Crippen molar-refractivity contribution in [3.63, 3.8) is 0 Å². The lowest BCUT2D eigenvalue weighted by atomic mass is 10.1.